The lowest BCUT2D eigenvalue weighted by Crippen LogP contribution is -2.45. The zero-order valence-electron chi connectivity index (χ0n) is 15.3. The minimum Gasteiger partial charge on any atom is -0.496 e. The van der Waals surface area contributed by atoms with Crippen molar-refractivity contribution in [1.82, 2.24) is 25.0 Å². The smallest absolute Gasteiger partial charge is 0.138 e. The van der Waals surface area contributed by atoms with E-state index in [0.717, 1.165) is 37.6 Å². The lowest BCUT2D eigenvalue weighted by Gasteiger charge is -2.37. The van der Waals surface area contributed by atoms with E-state index in [2.05, 4.69) is 56.7 Å². The molecule has 1 fully saturated rings. The Morgan fingerprint density at radius 1 is 1.15 bits per heavy atom. The van der Waals surface area contributed by atoms with Gasteiger partial charge in [-0.15, -0.1) is 12.4 Å². The van der Waals surface area contributed by atoms with Crippen LogP contribution < -0.4 is 10.1 Å². The van der Waals surface area contributed by atoms with E-state index in [1.807, 2.05) is 12.1 Å². The molecule has 0 spiro atoms. The van der Waals surface area contributed by atoms with Gasteiger partial charge in [-0.3, -0.25) is 4.90 Å². The minimum absolute atomic E-state index is 0. The average molecular weight is 386 g/mol. The summed E-state index contributed by atoms with van der Waals surface area (Å²) >= 11 is 0. The molecule has 1 N–H and O–H groups in total. The summed E-state index contributed by atoms with van der Waals surface area (Å²) in [6.45, 7) is 3.84. The Balaban J connectivity index is 0.00000210. The quantitative estimate of drug-likeness (QED) is 0.732. The van der Waals surface area contributed by atoms with E-state index in [0.29, 0.717) is 6.04 Å². The normalized spacial score (nSPS) is 17.3. The number of nitrogens with zero attached hydrogens (tertiary/aromatic N) is 4. The highest BCUT2D eigenvalue weighted by Gasteiger charge is 2.26. The molecular weight excluding hydrogens is 362 g/mol. The van der Waals surface area contributed by atoms with Gasteiger partial charge in [0.15, 0.2) is 0 Å². The van der Waals surface area contributed by atoms with Crippen LogP contribution in [0.4, 0.5) is 0 Å². The second-order valence-electron chi connectivity index (χ2n) is 6.44. The zero-order valence-corrected chi connectivity index (χ0v) is 16.1. The van der Waals surface area contributed by atoms with Gasteiger partial charge in [-0.2, -0.15) is 5.10 Å². The van der Waals surface area contributed by atoms with Crippen LogP contribution in [0.25, 0.3) is 5.69 Å². The predicted octanol–water partition coefficient (Wildman–Crippen LogP) is 2.84. The van der Waals surface area contributed by atoms with Gasteiger partial charge in [-0.1, -0.05) is 30.3 Å². The molecular formula is C20H24ClN5O. The molecule has 142 valence electrons. The highest BCUT2D eigenvalue weighted by Crippen LogP contribution is 2.31. The van der Waals surface area contributed by atoms with Crippen molar-refractivity contribution >= 4 is 12.4 Å². The lowest BCUT2D eigenvalue weighted by atomic mass is 10.0. The van der Waals surface area contributed by atoms with Gasteiger partial charge in [0.25, 0.3) is 0 Å². The molecule has 4 rings (SSSR count). The molecule has 1 aliphatic rings. The van der Waals surface area contributed by atoms with Crippen LogP contribution in [0.2, 0.25) is 0 Å². The van der Waals surface area contributed by atoms with Crippen molar-refractivity contribution in [3.63, 3.8) is 0 Å². The van der Waals surface area contributed by atoms with Crippen molar-refractivity contribution in [1.29, 1.82) is 0 Å². The third-order valence-corrected chi connectivity index (χ3v) is 4.86. The molecule has 0 aliphatic carbocycles. The van der Waals surface area contributed by atoms with E-state index < -0.39 is 0 Å². The first-order valence-electron chi connectivity index (χ1n) is 8.87. The summed E-state index contributed by atoms with van der Waals surface area (Å²) in [5.74, 6) is 0.952. The van der Waals surface area contributed by atoms with E-state index in [1.165, 1.54) is 11.1 Å². The molecule has 27 heavy (non-hydrogen) atoms. The molecule has 1 aromatic heterocycles. The van der Waals surface area contributed by atoms with E-state index in [-0.39, 0.29) is 12.4 Å². The third-order valence-electron chi connectivity index (χ3n) is 4.86. The number of nitrogens with one attached hydrogen (secondary N) is 1. The van der Waals surface area contributed by atoms with Gasteiger partial charge < -0.3 is 10.1 Å². The Morgan fingerprint density at radius 2 is 1.96 bits per heavy atom. The largest absolute Gasteiger partial charge is 0.496 e. The molecule has 2 heterocycles. The predicted molar refractivity (Wildman–Crippen MR) is 108 cm³/mol. The van der Waals surface area contributed by atoms with Crippen LogP contribution in [0.1, 0.15) is 17.2 Å². The summed E-state index contributed by atoms with van der Waals surface area (Å²) in [6, 6.07) is 17.1. The van der Waals surface area contributed by atoms with Gasteiger partial charge in [-0.25, -0.2) is 9.67 Å². The monoisotopic (exact) mass is 385 g/mol. The average Bonchev–Trinajstić information content (AvgIpc) is 3.24. The molecule has 0 radical (unpaired) electrons. The fourth-order valence-electron chi connectivity index (χ4n) is 3.51. The lowest BCUT2D eigenvalue weighted by molar-refractivity contribution is 0.151. The number of rotatable bonds is 5. The Morgan fingerprint density at radius 3 is 2.70 bits per heavy atom. The standard InChI is InChI=1S/C20H23N5O.ClH/c1-26-20-5-3-2-4-18(20)19-12-21-10-11-24(19)13-16-6-8-17(9-7-16)25-15-22-14-23-25;/h2-9,14-15,19,21H,10-13H2,1H3;1H. The Kier molecular flexibility index (Phi) is 6.45. The third kappa shape index (κ3) is 4.30. The molecule has 3 aromatic rings. The maximum atomic E-state index is 5.58. The first kappa shape index (κ1) is 19.4. The molecule has 0 amide bonds. The second-order valence-corrected chi connectivity index (χ2v) is 6.44. The van der Waals surface area contributed by atoms with Crippen LogP contribution in [0.3, 0.4) is 0 Å². The van der Waals surface area contributed by atoms with Gasteiger partial charge in [0.1, 0.15) is 18.4 Å². The Labute approximate surface area is 165 Å². The minimum atomic E-state index is 0. The van der Waals surface area contributed by atoms with Crippen molar-refractivity contribution in [3.8, 4) is 11.4 Å². The zero-order chi connectivity index (χ0) is 17.8. The molecule has 0 bridgehead atoms. The molecule has 2 aromatic carbocycles. The molecule has 1 unspecified atom stereocenters. The van der Waals surface area contributed by atoms with Crippen molar-refractivity contribution in [2.45, 2.75) is 12.6 Å². The first-order chi connectivity index (χ1) is 12.8. The molecule has 6 nitrogen and oxygen atoms in total. The van der Waals surface area contributed by atoms with Crippen LogP contribution >= 0.6 is 12.4 Å². The maximum absolute atomic E-state index is 5.58. The van der Waals surface area contributed by atoms with Crippen LogP contribution in [-0.4, -0.2) is 46.4 Å². The number of aromatic nitrogens is 3. The summed E-state index contributed by atoms with van der Waals surface area (Å²) in [5, 5.41) is 7.69. The number of hydrogen-bond donors (Lipinski definition) is 1. The summed E-state index contributed by atoms with van der Waals surface area (Å²) in [6.07, 6.45) is 3.26. The van der Waals surface area contributed by atoms with Crippen molar-refractivity contribution in [3.05, 3.63) is 72.3 Å². The first-order valence-corrected chi connectivity index (χ1v) is 8.87. The molecule has 1 atom stereocenters. The van der Waals surface area contributed by atoms with E-state index in [1.54, 1.807) is 24.4 Å². The van der Waals surface area contributed by atoms with Crippen LogP contribution in [0, 0.1) is 0 Å². The molecule has 1 saturated heterocycles. The summed E-state index contributed by atoms with van der Waals surface area (Å²) in [5.41, 5.74) is 3.55. The molecule has 1 aliphatic heterocycles. The number of piperazine rings is 1. The Hall–Kier alpha value is -2.41. The van der Waals surface area contributed by atoms with E-state index in [9.17, 15) is 0 Å². The van der Waals surface area contributed by atoms with Crippen molar-refractivity contribution in [2.24, 2.45) is 0 Å². The summed E-state index contributed by atoms with van der Waals surface area (Å²) < 4.78 is 7.35. The number of para-hydroxylation sites is 1. The number of methoxy groups -OCH3 is 1. The van der Waals surface area contributed by atoms with E-state index >= 15 is 0 Å². The highest BCUT2D eigenvalue weighted by molar-refractivity contribution is 5.85. The summed E-state index contributed by atoms with van der Waals surface area (Å²) in [7, 11) is 1.74. The van der Waals surface area contributed by atoms with Crippen LogP contribution in [-0.2, 0) is 6.54 Å². The summed E-state index contributed by atoms with van der Waals surface area (Å²) in [4.78, 5) is 6.51. The van der Waals surface area contributed by atoms with Crippen molar-refractivity contribution < 1.29 is 4.74 Å². The highest BCUT2D eigenvalue weighted by atomic mass is 35.5. The maximum Gasteiger partial charge on any atom is 0.138 e. The second kappa shape index (κ2) is 8.99. The SMILES string of the molecule is COc1ccccc1C1CNCCN1Cc1ccc(-n2cncn2)cc1.Cl. The van der Waals surface area contributed by atoms with E-state index in [4.69, 9.17) is 4.74 Å². The number of benzene rings is 2. The van der Waals surface area contributed by atoms with Gasteiger partial charge >= 0.3 is 0 Å². The van der Waals surface area contributed by atoms with Crippen molar-refractivity contribution in [2.75, 3.05) is 26.7 Å². The fourth-order valence-corrected chi connectivity index (χ4v) is 3.51. The van der Waals surface area contributed by atoms with Gasteiger partial charge in [0.2, 0.25) is 0 Å². The Bertz CT molecular complexity index is 838. The molecule has 7 heteroatoms. The van der Waals surface area contributed by atoms with Gasteiger partial charge in [-0.05, 0) is 23.8 Å². The molecule has 0 saturated carbocycles. The number of ether oxygens (including phenoxy) is 1. The number of halogens is 1. The topological polar surface area (TPSA) is 55.2 Å². The van der Waals surface area contributed by atoms with Crippen LogP contribution in [0.15, 0.2) is 61.2 Å². The fraction of sp³-hybridized carbons (Fsp3) is 0.300. The van der Waals surface area contributed by atoms with Gasteiger partial charge in [0.05, 0.1) is 18.8 Å². The number of hydrogen-bond acceptors (Lipinski definition) is 5. The van der Waals surface area contributed by atoms with Gasteiger partial charge in [0, 0.05) is 31.7 Å². The van der Waals surface area contributed by atoms with Crippen LogP contribution in [0.5, 0.6) is 5.75 Å².